The Labute approximate surface area is 139 Å². The van der Waals surface area contributed by atoms with Crippen molar-refractivity contribution in [1.82, 2.24) is 4.90 Å². The molecular formula is C16H20INO3. The molecule has 0 saturated carbocycles. The largest absolute Gasteiger partial charge is 0.483 e. The first kappa shape index (κ1) is 16.1. The minimum absolute atomic E-state index is 0.329. The molecule has 0 atom stereocenters. The third-order valence-corrected chi connectivity index (χ3v) is 4.19. The van der Waals surface area contributed by atoms with E-state index in [-0.39, 0.29) is 11.7 Å². The maximum Gasteiger partial charge on any atom is 0.415 e. The molecule has 21 heavy (non-hydrogen) atoms. The van der Waals surface area contributed by atoms with Crippen molar-refractivity contribution in [3.8, 4) is 11.5 Å². The van der Waals surface area contributed by atoms with E-state index >= 15 is 0 Å². The molecule has 1 amide bonds. The Morgan fingerprint density at radius 2 is 2.00 bits per heavy atom. The molecule has 114 valence electrons. The average molecular weight is 401 g/mol. The summed E-state index contributed by atoms with van der Waals surface area (Å²) in [6, 6.07) is 3.82. The molecule has 1 aliphatic heterocycles. The van der Waals surface area contributed by atoms with Gasteiger partial charge in [0.2, 0.25) is 0 Å². The molecule has 1 heterocycles. The van der Waals surface area contributed by atoms with Gasteiger partial charge in [-0.1, -0.05) is 0 Å². The Hall–Kier alpha value is -1.24. The Morgan fingerprint density at radius 3 is 2.62 bits per heavy atom. The number of carbonyl (C=O) groups excluding carboxylic acids is 1. The molecular weight excluding hydrogens is 381 g/mol. The van der Waals surface area contributed by atoms with Crippen LogP contribution in [0.15, 0.2) is 18.2 Å². The molecule has 0 unspecified atom stereocenters. The first-order chi connectivity index (χ1) is 9.88. The van der Waals surface area contributed by atoms with E-state index < -0.39 is 0 Å². The van der Waals surface area contributed by atoms with E-state index in [2.05, 4.69) is 22.6 Å². The highest BCUT2D eigenvalue weighted by molar-refractivity contribution is 14.1. The highest BCUT2D eigenvalue weighted by atomic mass is 127. The number of nitrogens with zero attached hydrogens (tertiary/aromatic N) is 1. The zero-order valence-electron chi connectivity index (χ0n) is 12.8. The Morgan fingerprint density at radius 1 is 1.33 bits per heavy atom. The van der Waals surface area contributed by atoms with Crippen molar-refractivity contribution >= 4 is 34.8 Å². The lowest BCUT2D eigenvalue weighted by Gasteiger charge is -2.29. The van der Waals surface area contributed by atoms with Crippen LogP contribution in [0.2, 0.25) is 0 Å². The Bertz CT molecular complexity index is 577. The molecule has 0 fully saturated rings. The van der Waals surface area contributed by atoms with Crippen molar-refractivity contribution in [2.75, 3.05) is 13.1 Å². The fourth-order valence-corrected chi connectivity index (χ4v) is 2.72. The summed E-state index contributed by atoms with van der Waals surface area (Å²) >= 11 is 2.17. The fraction of sp³-hybridized carbons (Fsp3) is 0.438. The van der Waals surface area contributed by atoms with Crippen LogP contribution in [0, 0.1) is 3.57 Å². The quantitative estimate of drug-likeness (QED) is 0.709. The van der Waals surface area contributed by atoms with Gasteiger partial charge in [-0.05, 0) is 74.6 Å². The predicted octanol–water partition coefficient (Wildman–Crippen LogP) is 4.32. The van der Waals surface area contributed by atoms with Gasteiger partial charge in [0, 0.05) is 13.1 Å². The van der Waals surface area contributed by atoms with Crippen LogP contribution in [-0.4, -0.2) is 29.7 Å². The number of halogens is 1. The van der Waals surface area contributed by atoms with Crippen molar-refractivity contribution in [2.24, 2.45) is 0 Å². The Kier molecular flexibility index (Phi) is 4.81. The van der Waals surface area contributed by atoms with Crippen molar-refractivity contribution in [3.63, 3.8) is 0 Å². The van der Waals surface area contributed by atoms with Crippen LogP contribution in [0.5, 0.6) is 11.5 Å². The summed E-state index contributed by atoms with van der Waals surface area (Å²) in [4.78, 5) is 13.8. The number of hydrogen-bond acceptors (Lipinski definition) is 3. The molecule has 2 rings (SSSR count). The van der Waals surface area contributed by atoms with Gasteiger partial charge in [-0.15, -0.1) is 0 Å². The van der Waals surface area contributed by atoms with Crippen LogP contribution in [-0.2, 0) is 0 Å². The van der Waals surface area contributed by atoms with Gasteiger partial charge in [-0.2, -0.15) is 0 Å². The number of amides is 1. The molecule has 1 aromatic rings. The second kappa shape index (κ2) is 6.25. The van der Waals surface area contributed by atoms with Crippen molar-refractivity contribution in [1.29, 1.82) is 0 Å². The van der Waals surface area contributed by atoms with Gasteiger partial charge in [0.1, 0.15) is 11.4 Å². The maximum atomic E-state index is 12.2. The van der Waals surface area contributed by atoms with E-state index in [4.69, 9.17) is 9.47 Å². The monoisotopic (exact) mass is 401 g/mol. The van der Waals surface area contributed by atoms with E-state index in [0.29, 0.717) is 18.8 Å². The van der Waals surface area contributed by atoms with E-state index in [0.717, 1.165) is 14.9 Å². The summed E-state index contributed by atoms with van der Waals surface area (Å²) in [6.07, 6.45) is 3.61. The SMILES string of the molecule is CCN(CC)C(=O)Oc1c(I)ccc2c1C=CC(C)(C)O2. The summed E-state index contributed by atoms with van der Waals surface area (Å²) in [5.41, 5.74) is 0.474. The van der Waals surface area contributed by atoms with E-state index in [9.17, 15) is 4.79 Å². The summed E-state index contributed by atoms with van der Waals surface area (Å²) in [5.74, 6) is 1.31. The number of benzene rings is 1. The van der Waals surface area contributed by atoms with Gasteiger partial charge < -0.3 is 14.4 Å². The highest BCUT2D eigenvalue weighted by Crippen LogP contribution is 2.39. The molecule has 0 N–H and O–H groups in total. The third-order valence-electron chi connectivity index (χ3n) is 3.34. The van der Waals surface area contributed by atoms with Gasteiger partial charge in [0.05, 0.1) is 9.13 Å². The lowest BCUT2D eigenvalue weighted by Crippen LogP contribution is -2.33. The highest BCUT2D eigenvalue weighted by Gasteiger charge is 2.26. The van der Waals surface area contributed by atoms with E-state index in [1.54, 1.807) is 4.90 Å². The van der Waals surface area contributed by atoms with Crippen molar-refractivity contribution in [2.45, 2.75) is 33.3 Å². The number of ether oxygens (including phenoxy) is 2. The van der Waals surface area contributed by atoms with E-state index in [1.165, 1.54) is 0 Å². The number of fused-ring (bicyclic) bond motifs is 1. The first-order valence-corrected chi connectivity index (χ1v) is 8.13. The minimum atomic E-state index is -0.347. The second-order valence-corrected chi connectivity index (χ2v) is 6.53. The smallest absolute Gasteiger partial charge is 0.415 e. The normalized spacial score (nSPS) is 15.1. The molecule has 1 aliphatic rings. The van der Waals surface area contributed by atoms with Gasteiger partial charge in [0.15, 0.2) is 5.75 Å². The zero-order valence-corrected chi connectivity index (χ0v) is 14.9. The zero-order chi connectivity index (χ0) is 15.6. The third kappa shape index (κ3) is 3.51. The lowest BCUT2D eigenvalue weighted by molar-refractivity contribution is 0.151. The Balaban J connectivity index is 2.35. The lowest BCUT2D eigenvalue weighted by atomic mass is 10.0. The van der Waals surface area contributed by atoms with Gasteiger partial charge in [-0.25, -0.2) is 4.79 Å². The molecule has 0 spiro atoms. The molecule has 0 aliphatic carbocycles. The first-order valence-electron chi connectivity index (χ1n) is 7.05. The number of rotatable bonds is 3. The molecule has 0 saturated heterocycles. The van der Waals surface area contributed by atoms with Crippen LogP contribution in [0.1, 0.15) is 33.3 Å². The van der Waals surface area contributed by atoms with Gasteiger partial charge >= 0.3 is 6.09 Å². The van der Waals surface area contributed by atoms with Crippen LogP contribution in [0.3, 0.4) is 0 Å². The van der Waals surface area contributed by atoms with Crippen LogP contribution >= 0.6 is 22.6 Å². The average Bonchev–Trinajstić information content (AvgIpc) is 2.42. The molecule has 5 heteroatoms. The minimum Gasteiger partial charge on any atom is -0.483 e. The van der Waals surface area contributed by atoms with Crippen LogP contribution in [0.25, 0.3) is 6.08 Å². The summed E-state index contributed by atoms with van der Waals surface area (Å²) in [5, 5.41) is 0. The molecule has 1 aromatic carbocycles. The number of carbonyl (C=O) groups is 1. The predicted molar refractivity (Wildman–Crippen MR) is 91.8 cm³/mol. The maximum absolute atomic E-state index is 12.2. The summed E-state index contributed by atoms with van der Waals surface area (Å²) in [7, 11) is 0. The van der Waals surface area contributed by atoms with Gasteiger partial charge in [0.25, 0.3) is 0 Å². The fourth-order valence-electron chi connectivity index (χ4n) is 2.14. The molecule has 0 aromatic heterocycles. The molecule has 4 nitrogen and oxygen atoms in total. The van der Waals surface area contributed by atoms with E-state index in [1.807, 2.05) is 52.0 Å². The van der Waals surface area contributed by atoms with Crippen molar-refractivity contribution in [3.05, 3.63) is 27.3 Å². The summed E-state index contributed by atoms with van der Waals surface area (Å²) < 4.78 is 12.4. The van der Waals surface area contributed by atoms with Gasteiger partial charge in [-0.3, -0.25) is 0 Å². The molecule has 0 radical (unpaired) electrons. The second-order valence-electron chi connectivity index (χ2n) is 5.37. The topological polar surface area (TPSA) is 38.8 Å². The molecule has 0 bridgehead atoms. The number of hydrogen-bond donors (Lipinski definition) is 0. The van der Waals surface area contributed by atoms with Crippen molar-refractivity contribution < 1.29 is 14.3 Å². The van der Waals surface area contributed by atoms with Crippen LogP contribution in [0.4, 0.5) is 4.79 Å². The summed E-state index contributed by atoms with van der Waals surface area (Å²) in [6.45, 7) is 9.10. The standard InChI is InChI=1S/C16H20INO3/c1-5-18(6-2)15(19)20-14-11-9-10-16(3,4)21-13(11)8-7-12(14)17/h7-10H,5-6H2,1-4H3. The van der Waals surface area contributed by atoms with Crippen LogP contribution < -0.4 is 9.47 Å².